The average molecular weight is 366 g/mol. The molecule has 0 atom stereocenters. The van der Waals surface area contributed by atoms with E-state index in [-0.39, 0.29) is 10.0 Å². The lowest BCUT2D eigenvalue weighted by Crippen LogP contribution is -2.46. The molecule has 1 aromatic rings. The van der Waals surface area contributed by atoms with Crippen molar-refractivity contribution < 1.29 is 8.42 Å². The maximum absolute atomic E-state index is 12.3. The van der Waals surface area contributed by atoms with Crippen LogP contribution in [0.1, 0.15) is 26.7 Å². The third-order valence-electron chi connectivity index (χ3n) is 2.89. The number of terminal acetylenes is 1. The number of nitrogens with one attached hydrogen (secondary N) is 1. The summed E-state index contributed by atoms with van der Waals surface area (Å²) < 4.78 is 27.5. The Kier molecular flexibility index (Phi) is 5.39. The number of hydrogen-bond donors (Lipinski definition) is 1. The molecular weight excluding hydrogens is 352 g/mol. The van der Waals surface area contributed by atoms with Gasteiger partial charge in [-0.25, -0.2) is 13.4 Å². The van der Waals surface area contributed by atoms with E-state index >= 15 is 0 Å². The van der Waals surface area contributed by atoms with E-state index in [0.717, 1.165) is 0 Å². The lowest BCUT2D eigenvalue weighted by atomic mass is 9.96. The summed E-state index contributed by atoms with van der Waals surface area (Å²) in [5, 5.41) is 0.202. The zero-order valence-corrected chi connectivity index (χ0v) is 13.7. The van der Waals surface area contributed by atoms with Crippen molar-refractivity contribution in [1.82, 2.24) is 9.71 Å². The fraction of sp³-hybridized carbons (Fsp3) is 0.417. The zero-order chi connectivity index (χ0) is 14.7. The van der Waals surface area contributed by atoms with Crippen LogP contribution in [0.4, 0.5) is 0 Å². The Hall–Kier alpha value is -0.610. The molecule has 1 heterocycles. The van der Waals surface area contributed by atoms with Gasteiger partial charge in [-0.15, -0.1) is 6.42 Å². The Balaban J connectivity index is 3.18. The number of halogens is 2. The van der Waals surface area contributed by atoms with Crippen molar-refractivity contribution in [3.05, 3.63) is 21.9 Å². The third-order valence-corrected chi connectivity index (χ3v) is 5.53. The number of sulfonamides is 1. The summed E-state index contributed by atoms with van der Waals surface area (Å²) in [5.74, 6) is 2.52. The van der Waals surface area contributed by atoms with Crippen molar-refractivity contribution in [2.45, 2.75) is 37.1 Å². The van der Waals surface area contributed by atoms with Crippen LogP contribution < -0.4 is 4.72 Å². The lowest BCUT2D eigenvalue weighted by Gasteiger charge is -2.26. The van der Waals surface area contributed by atoms with Crippen LogP contribution >= 0.6 is 27.5 Å². The molecule has 1 rings (SSSR count). The van der Waals surface area contributed by atoms with Crippen molar-refractivity contribution in [3.8, 4) is 12.3 Å². The van der Waals surface area contributed by atoms with Gasteiger partial charge in [0.1, 0.15) is 10.0 Å². The van der Waals surface area contributed by atoms with E-state index in [9.17, 15) is 8.42 Å². The predicted octanol–water partition coefficient (Wildman–Crippen LogP) is 2.97. The Morgan fingerprint density at radius 3 is 2.53 bits per heavy atom. The number of hydrogen-bond acceptors (Lipinski definition) is 3. The van der Waals surface area contributed by atoms with Gasteiger partial charge in [-0.1, -0.05) is 31.4 Å². The maximum atomic E-state index is 12.3. The maximum Gasteiger partial charge on any atom is 0.243 e. The molecule has 0 aliphatic heterocycles. The molecule has 4 nitrogen and oxygen atoms in total. The summed E-state index contributed by atoms with van der Waals surface area (Å²) in [6, 6.07) is 1.39. The van der Waals surface area contributed by atoms with Crippen molar-refractivity contribution in [2.75, 3.05) is 0 Å². The topological polar surface area (TPSA) is 59.1 Å². The molecule has 0 radical (unpaired) electrons. The highest BCUT2D eigenvalue weighted by molar-refractivity contribution is 9.10. The molecule has 0 spiro atoms. The molecule has 0 saturated carbocycles. The quantitative estimate of drug-likeness (QED) is 0.644. The van der Waals surface area contributed by atoms with Crippen molar-refractivity contribution in [3.63, 3.8) is 0 Å². The minimum atomic E-state index is -3.74. The minimum Gasteiger partial charge on any atom is -0.242 e. The van der Waals surface area contributed by atoms with Crippen molar-refractivity contribution in [1.29, 1.82) is 0 Å². The molecular formula is C12H14BrClN2O2S. The molecule has 0 aromatic carbocycles. The summed E-state index contributed by atoms with van der Waals surface area (Å²) in [4.78, 5) is 3.82. The van der Waals surface area contributed by atoms with Gasteiger partial charge in [-0.05, 0) is 34.8 Å². The van der Waals surface area contributed by atoms with Crippen LogP contribution in [0.2, 0.25) is 5.15 Å². The Morgan fingerprint density at radius 1 is 1.53 bits per heavy atom. The first-order chi connectivity index (χ1) is 8.80. The van der Waals surface area contributed by atoms with Crippen molar-refractivity contribution in [2.24, 2.45) is 0 Å². The highest BCUT2D eigenvalue weighted by Crippen LogP contribution is 2.24. The number of aromatic nitrogens is 1. The monoisotopic (exact) mass is 364 g/mol. The largest absolute Gasteiger partial charge is 0.243 e. The summed E-state index contributed by atoms with van der Waals surface area (Å²) in [7, 11) is -3.74. The molecule has 104 valence electrons. The Labute approximate surface area is 127 Å². The molecule has 0 bridgehead atoms. The van der Waals surface area contributed by atoms with Crippen LogP contribution in [0.15, 0.2) is 21.6 Å². The Morgan fingerprint density at radius 2 is 2.11 bits per heavy atom. The van der Waals surface area contributed by atoms with E-state index in [2.05, 4.69) is 31.6 Å². The highest BCUT2D eigenvalue weighted by atomic mass is 79.9. The molecule has 0 amide bonds. The van der Waals surface area contributed by atoms with Gasteiger partial charge in [0.25, 0.3) is 0 Å². The van der Waals surface area contributed by atoms with Gasteiger partial charge >= 0.3 is 0 Å². The first kappa shape index (κ1) is 16.4. The van der Waals surface area contributed by atoms with E-state index in [1.807, 2.05) is 13.8 Å². The second-order valence-corrected chi connectivity index (χ2v) is 6.88. The smallest absolute Gasteiger partial charge is 0.242 e. The van der Waals surface area contributed by atoms with Gasteiger partial charge in [0.2, 0.25) is 10.0 Å². The number of rotatable bonds is 5. The fourth-order valence-electron chi connectivity index (χ4n) is 1.49. The van der Waals surface area contributed by atoms with Crippen LogP contribution in [0.3, 0.4) is 0 Å². The first-order valence-corrected chi connectivity index (χ1v) is 8.28. The standard InChI is InChI=1S/C12H14BrClN2O2S/c1-4-12(5-2,6-3)16-19(17,18)9-7-10(13)11(14)15-8-9/h1,7-8,16H,5-6H2,2-3H3. The SMILES string of the molecule is C#CC(CC)(CC)NS(=O)(=O)c1cnc(Cl)c(Br)c1. The second-order valence-electron chi connectivity index (χ2n) is 3.98. The Bertz CT molecular complexity index is 607. The van der Waals surface area contributed by atoms with Crippen LogP contribution in [-0.2, 0) is 10.0 Å². The number of nitrogens with zero attached hydrogens (tertiary/aromatic N) is 1. The molecule has 19 heavy (non-hydrogen) atoms. The summed E-state index contributed by atoms with van der Waals surface area (Å²) >= 11 is 8.88. The van der Waals surface area contributed by atoms with E-state index in [1.54, 1.807) is 0 Å². The molecule has 1 aromatic heterocycles. The van der Waals surface area contributed by atoms with E-state index < -0.39 is 15.6 Å². The van der Waals surface area contributed by atoms with Crippen LogP contribution in [0, 0.1) is 12.3 Å². The van der Waals surface area contributed by atoms with E-state index in [4.69, 9.17) is 18.0 Å². The first-order valence-electron chi connectivity index (χ1n) is 5.63. The lowest BCUT2D eigenvalue weighted by molar-refractivity contribution is 0.451. The van der Waals surface area contributed by atoms with Gasteiger partial charge in [0.15, 0.2) is 0 Å². The third kappa shape index (κ3) is 3.69. The molecule has 0 aliphatic carbocycles. The van der Waals surface area contributed by atoms with E-state index in [1.165, 1.54) is 12.3 Å². The predicted molar refractivity (Wildman–Crippen MR) is 79.4 cm³/mol. The molecule has 0 fully saturated rings. The molecule has 7 heteroatoms. The second kappa shape index (κ2) is 6.23. The minimum absolute atomic E-state index is 0.0188. The molecule has 0 unspecified atom stereocenters. The van der Waals surface area contributed by atoms with Gasteiger partial charge in [-0.3, -0.25) is 0 Å². The van der Waals surface area contributed by atoms with Gasteiger partial charge in [0.05, 0.1) is 10.0 Å². The van der Waals surface area contributed by atoms with Gasteiger partial charge in [0, 0.05) is 6.20 Å². The van der Waals surface area contributed by atoms with E-state index in [0.29, 0.717) is 17.3 Å². The van der Waals surface area contributed by atoms with Gasteiger partial charge in [-0.2, -0.15) is 4.72 Å². The van der Waals surface area contributed by atoms with Crippen molar-refractivity contribution >= 4 is 37.6 Å². The normalized spacial score (nSPS) is 12.2. The summed E-state index contributed by atoms with van der Waals surface area (Å²) in [6.45, 7) is 3.67. The number of pyridine rings is 1. The molecule has 0 saturated heterocycles. The zero-order valence-electron chi connectivity index (χ0n) is 10.6. The summed E-state index contributed by atoms with van der Waals surface area (Å²) in [5.41, 5.74) is -0.884. The highest BCUT2D eigenvalue weighted by Gasteiger charge is 2.30. The summed E-state index contributed by atoms with van der Waals surface area (Å²) in [6.07, 6.45) is 7.64. The molecule has 1 N–H and O–H groups in total. The fourth-order valence-corrected chi connectivity index (χ4v) is 3.54. The van der Waals surface area contributed by atoms with Crippen LogP contribution in [0.5, 0.6) is 0 Å². The van der Waals surface area contributed by atoms with Gasteiger partial charge < -0.3 is 0 Å². The van der Waals surface area contributed by atoms with Crippen LogP contribution in [0.25, 0.3) is 0 Å². The van der Waals surface area contributed by atoms with Crippen LogP contribution in [-0.4, -0.2) is 18.9 Å². The molecule has 0 aliphatic rings. The average Bonchev–Trinajstić information content (AvgIpc) is 2.39.